The first-order chi connectivity index (χ1) is 7.15. The molecule has 78 valence electrons. The van der Waals surface area contributed by atoms with Crippen molar-refractivity contribution in [2.75, 3.05) is 0 Å². The van der Waals surface area contributed by atoms with Crippen LogP contribution < -0.4 is 0 Å². The fourth-order valence-corrected chi connectivity index (χ4v) is 1.93. The Bertz CT molecular complexity index is 435. The molecule has 0 aliphatic heterocycles. The summed E-state index contributed by atoms with van der Waals surface area (Å²) in [6.07, 6.45) is 0.610. The van der Waals surface area contributed by atoms with Crippen LogP contribution in [-0.2, 0) is 11.8 Å². The zero-order chi connectivity index (χ0) is 11.4. The Balaban J connectivity index is 3.53. The average molecular weight is 268 g/mol. The summed E-state index contributed by atoms with van der Waals surface area (Å²) in [5, 5.41) is 18.5. The number of nitrogens with zero attached hydrogens (tertiary/aromatic N) is 1. The number of rotatable bonds is 3. The van der Waals surface area contributed by atoms with Crippen LogP contribution in [0, 0.1) is 11.3 Å². The fourth-order valence-electron chi connectivity index (χ4n) is 1.47. The Morgan fingerprint density at radius 2 is 2.13 bits per heavy atom. The van der Waals surface area contributed by atoms with E-state index in [2.05, 4.69) is 15.9 Å². The van der Waals surface area contributed by atoms with Gasteiger partial charge in [0.15, 0.2) is 0 Å². The number of aromatic carboxylic acids is 1. The van der Waals surface area contributed by atoms with Gasteiger partial charge >= 0.3 is 5.97 Å². The second-order valence-corrected chi connectivity index (χ2v) is 3.60. The number of nitriles is 1. The molecule has 0 bridgehead atoms. The Hall–Kier alpha value is -1.34. The van der Waals surface area contributed by atoms with Gasteiger partial charge in [-0.05, 0) is 17.5 Å². The van der Waals surface area contributed by atoms with Gasteiger partial charge in [0.05, 0.1) is 11.1 Å². The number of hydrogen-bond acceptors (Lipinski definition) is 2. The first-order valence-corrected chi connectivity index (χ1v) is 5.61. The predicted octanol–water partition coefficient (Wildman–Crippen LogP) is 2.71. The highest BCUT2D eigenvalue weighted by atomic mass is 79.9. The van der Waals surface area contributed by atoms with Gasteiger partial charge in [-0.25, -0.2) is 4.79 Å². The third-order valence-corrected chi connectivity index (χ3v) is 2.83. The topological polar surface area (TPSA) is 61.1 Å². The number of carboxylic acid groups (broad SMARTS) is 1. The molecule has 0 saturated heterocycles. The average Bonchev–Trinajstić information content (AvgIpc) is 2.26. The Morgan fingerprint density at radius 3 is 2.53 bits per heavy atom. The van der Waals surface area contributed by atoms with E-state index in [0.717, 1.165) is 0 Å². The first kappa shape index (κ1) is 11.7. The van der Waals surface area contributed by atoms with Gasteiger partial charge in [0.25, 0.3) is 0 Å². The standard InChI is InChI=1S/C11H10BrNO2/c1-2-7-3-4-8(5-12)9(6-13)10(7)11(14)15/h3-4H,2,5H2,1H3,(H,14,15). The van der Waals surface area contributed by atoms with Crippen LogP contribution >= 0.6 is 15.9 Å². The van der Waals surface area contributed by atoms with Crippen molar-refractivity contribution in [1.29, 1.82) is 5.26 Å². The van der Waals surface area contributed by atoms with Crippen LogP contribution in [0.2, 0.25) is 0 Å². The van der Waals surface area contributed by atoms with Crippen molar-refractivity contribution in [2.45, 2.75) is 18.7 Å². The number of benzene rings is 1. The summed E-state index contributed by atoms with van der Waals surface area (Å²) in [4.78, 5) is 11.1. The van der Waals surface area contributed by atoms with E-state index in [1.807, 2.05) is 13.0 Å². The van der Waals surface area contributed by atoms with Gasteiger partial charge in [-0.15, -0.1) is 0 Å². The van der Waals surface area contributed by atoms with Gasteiger partial charge in [0.1, 0.15) is 6.07 Å². The molecule has 0 aliphatic rings. The minimum absolute atomic E-state index is 0.136. The molecule has 0 spiro atoms. The van der Waals surface area contributed by atoms with Crippen molar-refractivity contribution >= 4 is 21.9 Å². The Kier molecular flexibility index (Phi) is 3.87. The summed E-state index contributed by atoms with van der Waals surface area (Å²) in [5.41, 5.74) is 1.81. The van der Waals surface area contributed by atoms with Crippen molar-refractivity contribution in [3.05, 3.63) is 34.4 Å². The molecule has 0 heterocycles. The molecule has 1 N–H and O–H groups in total. The molecule has 0 atom stereocenters. The van der Waals surface area contributed by atoms with Crippen LogP contribution in [0.15, 0.2) is 12.1 Å². The van der Waals surface area contributed by atoms with E-state index in [1.165, 1.54) is 0 Å². The molecule has 3 nitrogen and oxygen atoms in total. The normalized spacial score (nSPS) is 9.67. The van der Waals surface area contributed by atoms with Crippen LogP contribution in [0.5, 0.6) is 0 Å². The molecule has 0 radical (unpaired) electrons. The van der Waals surface area contributed by atoms with Gasteiger partial charge < -0.3 is 5.11 Å². The molecular formula is C11H10BrNO2. The zero-order valence-electron chi connectivity index (χ0n) is 8.25. The molecule has 1 aromatic rings. The van der Waals surface area contributed by atoms with Crippen molar-refractivity contribution in [2.24, 2.45) is 0 Å². The third kappa shape index (κ3) is 2.18. The summed E-state index contributed by atoms with van der Waals surface area (Å²) in [5.74, 6) is -1.04. The lowest BCUT2D eigenvalue weighted by molar-refractivity contribution is 0.0695. The minimum atomic E-state index is -1.04. The van der Waals surface area contributed by atoms with E-state index in [1.54, 1.807) is 12.1 Å². The van der Waals surface area contributed by atoms with E-state index in [0.29, 0.717) is 22.9 Å². The molecule has 4 heteroatoms. The number of hydrogen-bond donors (Lipinski definition) is 1. The predicted molar refractivity (Wildman–Crippen MR) is 60.1 cm³/mol. The number of aryl methyl sites for hydroxylation is 1. The summed E-state index contributed by atoms with van der Waals surface area (Å²) in [6, 6.07) is 5.52. The molecule has 0 aliphatic carbocycles. The van der Waals surface area contributed by atoms with Crippen molar-refractivity contribution in [3.63, 3.8) is 0 Å². The number of alkyl halides is 1. The molecule has 1 rings (SSSR count). The van der Waals surface area contributed by atoms with Crippen molar-refractivity contribution in [1.82, 2.24) is 0 Å². The Labute approximate surface area is 96.5 Å². The Morgan fingerprint density at radius 1 is 1.53 bits per heavy atom. The van der Waals surface area contributed by atoms with Crippen LogP contribution in [0.25, 0.3) is 0 Å². The molecule has 0 aromatic heterocycles. The molecule has 0 unspecified atom stereocenters. The molecular weight excluding hydrogens is 258 g/mol. The molecule has 0 amide bonds. The molecule has 0 saturated carbocycles. The van der Waals surface area contributed by atoms with Crippen LogP contribution in [0.1, 0.15) is 34.0 Å². The van der Waals surface area contributed by atoms with Gasteiger partial charge in [0.2, 0.25) is 0 Å². The lowest BCUT2D eigenvalue weighted by atomic mass is 9.96. The highest BCUT2D eigenvalue weighted by Crippen LogP contribution is 2.21. The number of carboxylic acids is 1. The lowest BCUT2D eigenvalue weighted by Gasteiger charge is -2.08. The highest BCUT2D eigenvalue weighted by molar-refractivity contribution is 9.08. The van der Waals surface area contributed by atoms with Gasteiger partial charge in [-0.1, -0.05) is 35.0 Å². The maximum atomic E-state index is 11.1. The number of halogens is 1. The van der Waals surface area contributed by atoms with Gasteiger partial charge in [0, 0.05) is 5.33 Å². The quantitative estimate of drug-likeness (QED) is 0.857. The molecule has 15 heavy (non-hydrogen) atoms. The van der Waals surface area contributed by atoms with E-state index in [9.17, 15) is 4.79 Å². The number of carbonyl (C=O) groups is 1. The van der Waals surface area contributed by atoms with E-state index >= 15 is 0 Å². The van der Waals surface area contributed by atoms with Crippen LogP contribution in [0.3, 0.4) is 0 Å². The molecule has 1 aromatic carbocycles. The zero-order valence-corrected chi connectivity index (χ0v) is 9.84. The maximum absolute atomic E-state index is 11.1. The third-order valence-electron chi connectivity index (χ3n) is 2.23. The fraction of sp³-hybridized carbons (Fsp3) is 0.273. The first-order valence-electron chi connectivity index (χ1n) is 4.49. The summed E-state index contributed by atoms with van der Waals surface area (Å²) in [6.45, 7) is 1.87. The molecule has 0 fully saturated rings. The SMILES string of the molecule is CCc1ccc(CBr)c(C#N)c1C(=O)O. The monoisotopic (exact) mass is 267 g/mol. The summed E-state index contributed by atoms with van der Waals surface area (Å²) >= 11 is 3.23. The van der Waals surface area contributed by atoms with Crippen molar-refractivity contribution < 1.29 is 9.90 Å². The second kappa shape index (κ2) is 4.94. The van der Waals surface area contributed by atoms with Crippen LogP contribution in [-0.4, -0.2) is 11.1 Å². The van der Waals surface area contributed by atoms with E-state index < -0.39 is 5.97 Å². The maximum Gasteiger partial charge on any atom is 0.337 e. The van der Waals surface area contributed by atoms with Gasteiger partial charge in [-0.2, -0.15) is 5.26 Å². The minimum Gasteiger partial charge on any atom is -0.478 e. The summed E-state index contributed by atoms with van der Waals surface area (Å²) in [7, 11) is 0. The van der Waals surface area contributed by atoms with Gasteiger partial charge in [-0.3, -0.25) is 0 Å². The van der Waals surface area contributed by atoms with Crippen LogP contribution in [0.4, 0.5) is 0 Å². The van der Waals surface area contributed by atoms with Crippen molar-refractivity contribution in [3.8, 4) is 6.07 Å². The van der Waals surface area contributed by atoms with E-state index in [-0.39, 0.29) is 11.1 Å². The largest absolute Gasteiger partial charge is 0.478 e. The summed E-state index contributed by atoms with van der Waals surface area (Å²) < 4.78 is 0. The highest BCUT2D eigenvalue weighted by Gasteiger charge is 2.17. The lowest BCUT2D eigenvalue weighted by Crippen LogP contribution is -2.07. The second-order valence-electron chi connectivity index (χ2n) is 3.04. The van der Waals surface area contributed by atoms with E-state index in [4.69, 9.17) is 10.4 Å². The smallest absolute Gasteiger partial charge is 0.337 e.